The van der Waals surface area contributed by atoms with Crippen molar-refractivity contribution < 1.29 is 13.9 Å². The average Bonchev–Trinajstić information content (AvgIpc) is 3.11. The largest absolute Gasteiger partial charge is 0.484 e. The highest BCUT2D eigenvalue weighted by molar-refractivity contribution is 9.10. The second-order valence-electron chi connectivity index (χ2n) is 5.59. The lowest BCUT2D eigenvalue weighted by atomic mass is 10.1. The van der Waals surface area contributed by atoms with Crippen LogP contribution in [0.1, 0.15) is 34.8 Å². The van der Waals surface area contributed by atoms with E-state index in [0.29, 0.717) is 5.76 Å². The number of carbonyl (C=O) groups is 1. The lowest BCUT2D eigenvalue weighted by molar-refractivity contribution is 0.0907. The van der Waals surface area contributed by atoms with E-state index in [4.69, 9.17) is 9.15 Å². The van der Waals surface area contributed by atoms with Crippen molar-refractivity contribution >= 4 is 21.8 Å². The molecule has 1 aromatic heterocycles. The van der Waals surface area contributed by atoms with Crippen molar-refractivity contribution in [2.24, 2.45) is 0 Å². The summed E-state index contributed by atoms with van der Waals surface area (Å²) < 4.78 is 12.2. The molecule has 5 heteroatoms. The van der Waals surface area contributed by atoms with E-state index in [1.54, 1.807) is 12.1 Å². The number of furan rings is 1. The monoisotopic (exact) mass is 399 g/mol. The average molecular weight is 400 g/mol. The van der Waals surface area contributed by atoms with E-state index in [1.807, 2.05) is 61.5 Å². The Hall–Kier alpha value is -2.53. The molecule has 0 radical (unpaired) electrons. The van der Waals surface area contributed by atoms with Crippen LogP contribution in [0, 0.1) is 0 Å². The van der Waals surface area contributed by atoms with Crippen molar-refractivity contribution in [2.75, 3.05) is 0 Å². The third kappa shape index (κ3) is 4.51. The Bertz CT molecular complexity index is 845. The molecule has 25 heavy (non-hydrogen) atoms. The number of benzene rings is 2. The van der Waals surface area contributed by atoms with Gasteiger partial charge in [0.15, 0.2) is 5.76 Å². The normalized spacial score (nSPS) is 11.8. The molecule has 0 aliphatic rings. The standard InChI is InChI=1S/C20H18BrNO3/c1-14(15-7-3-2-4-8-15)22-20(23)19-12-11-16(25-19)13-24-18-10-6-5-9-17(18)21/h2-12,14H,13H2,1H3,(H,22,23). The Morgan fingerprint density at radius 2 is 1.80 bits per heavy atom. The third-order valence-corrected chi connectivity index (χ3v) is 4.39. The Morgan fingerprint density at radius 1 is 1.08 bits per heavy atom. The summed E-state index contributed by atoms with van der Waals surface area (Å²) in [7, 11) is 0. The molecule has 3 rings (SSSR count). The number of hydrogen-bond acceptors (Lipinski definition) is 3. The molecule has 1 N–H and O–H groups in total. The van der Waals surface area contributed by atoms with Gasteiger partial charge in [0.25, 0.3) is 5.91 Å². The maximum absolute atomic E-state index is 12.3. The van der Waals surface area contributed by atoms with Gasteiger partial charge in [-0.05, 0) is 52.7 Å². The van der Waals surface area contributed by atoms with Crippen molar-refractivity contribution in [2.45, 2.75) is 19.6 Å². The van der Waals surface area contributed by atoms with E-state index in [9.17, 15) is 4.79 Å². The van der Waals surface area contributed by atoms with Gasteiger partial charge in [-0.1, -0.05) is 42.5 Å². The van der Waals surface area contributed by atoms with Crippen LogP contribution in [0.4, 0.5) is 0 Å². The Morgan fingerprint density at radius 3 is 2.56 bits per heavy atom. The van der Waals surface area contributed by atoms with Gasteiger partial charge >= 0.3 is 0 Å². The zero-order valence-corrected chi connectivity index (χ0v) is 15.3. The molecule has 1 heterocycles. The van der Waals surface area contributed by atoms with E-state index in [0.717, 1.165) is 15.8 Å². The highest BCUT2D eigenvalue weighted by atomic mass is 79.9. The Balaban J connectivity index is 1.59. The minimum Gasteiger partial charge on any atom is -0.484 e. The molecule has 0 bridgehead atoms. The van der Waals surface area contributed by atoms with Crippen LogP contribution in [0.15, 0.2) is 75.6 Å². The van der Waals surface area contributed by atoms with E-state index in [2.05, 4.69) is 21.2 Å². The number of ether oxygens (including phenoxy) is 1. The Kier molecular flexibility index (Phi) is 5.56. The minimum atomic E-state index is -0.247. The fraction of sp³-hybridized carbons (Fsp3) is 0.150. The SMILES string of the molecule is CC(NC(=O)c1ccc(COc2ccccc2Br)o1)c1ccccc1. The molecule has 0 aliphatic heterocycles. The molecule has 1 atom stereocenters. The van der Waals surface area contributed by atoms with Gasteiger partial charge in [0.2, 0.25) is 0 Å². The molecule has 3 aromatic rings. The third-order valence-electron chi connectivity index (χ3n) is 3.74. The van der Waals surface area contributed by atoms with Crippen molar-refractivity contribution in [1.82, 2.24) is 5.32 Å². The number of para-hydroxylation sites is 1. The molecule has 0 fully saturated rings. The lowest BCUT2D eigenvalue weighted by Gasteiger charge is -2.13. The van der Waals surface area contributed by atoms with Crippen LogP contribution in [0.3, 0.4) is 0 Å². The summed E-state index contributed by atoms with van der Waals surface area (Å²) in [5.74, 6) is 1.34. The fourth-order valence-electron chi connectivity index (χ4n) is 2.38. The molecule has 0 spiro atoms. The van der Waals surface area contributed by atoms with E-state index in [-0.39, 0.29) is 24.3 Å². The minimum absolute atomic E-state index is 0.0984. The number of hydrogen-bond donors (Lipinski definition) is 1. The van der Waals surface area contributed by atoms with Gasteiger partial charge in [-0.15, -0.1) is 0 Å². The molecule has 1 amide bonds. The van der Waals surface area contributed by atoms with Crippen LogP contribution < -0.4 is 10.1 Å². The van der Waals surface area contributed by atoms with Crippen LogP contribution in [-0.4, -0.2) is 5.91 Å². The van der Waals surface area contributed by atoms with Crippen molar-refractivity contribution in [3.8, 4) is 5.75 Å². The number of halogens is 1. The maximum atomic E-state index is 12.3. The van der Waals surface area contributed by atoms with Crippen LogP contribution in [0.25, 0.3) is 0 Å². The van der Waals surface area contributed by atoms with E-state index >= 15 is 0 Å². The Labute approximate surface area is 154 Å². The van der Waals surface area contributed by atoms with Gasteiger partial charge in [-0.2, -0.15) is 0 Å². The summed E-state index contributed by atoms with van der Waals surface area (Å²) >= 11 is 3.43. The highest BCUT2D eigenvalue weighted by Gasteiger charge is 2.15. The topological polar surface area (TPSA) is 51.5 Å². The molecular formula is C20H18BrNO3. The first-order valence-electron chi connectivity index (χ1n) is 7.95. The number of amides is 1. The van der Waals surface area contributed by atoms with Gasteiger partial charge in [0.05, 0.1) is 10.5 Å². The summed E-state index contributed by atoms with van der Waals surface area (Å²) in [6.07, 6.45) is 0. The fourth-order valence-corrected chi connectivity index (χ4v) is 2.78. The van der Waals surface area contributed by atoms with Gasteiger partial charge in [-0.25, -0.2) is 0 Å². The second-order valence-corrected chi connectivity index (χ2v) is 6.45. The lowest BCUT2D eigenvalue weighted by Crippen LogP contribution is -2.26. The first-order chi connectivity index (χ1) is 12.1. The smallest absolute Gasteiger partial charge is 0.287 e. The zero-order valence-electron chi connectivity index (χ0n) is 13.7. The number of nitrogens with one attached hydrogen (secondary N) is 1. The van der Waals surface area contributed by atoms with Crippen LogP contribution in [-0.2, 0) is 6.61 Å². The summed E-state index contributed by atoms with van der Waals surface area (Å²) in [4.78, 5) is 12.3. The summed E-state index contributed by atoms with van der Waals surface area (Å²) in [6.45, 7) is 2.19. The first-order valence-corrected chi connectivity index (χ1v) is 8.74. The van der Waals surface area contributed by atoms with Gasteiger partial charge in [-0.3, -0.25) is 4.79 Å². The molecule has 2 aromatic carbocycles. The predicted molar refractivity (Wildman–Crippen MR) is 99.5 cm³/mol. The summed E-state index contributed by atoms with van der Waals surface area (Å²) in [5.41, 5.74) is 1.04. The van der Waals surface area contributed by atoms with Crippen molar-refractivity contribution in [1.29, 1.82) is 0 Å². The maximum Gasteiger partial charge on any atom is 0.287 e. The van der Waals surface area contributed by atoms with Crippen molar-refractivity contribution in [3.05, 3.63) is 88.3 Å². The molecular weight excluding hydrogens is 382 g/mol. The van der Waals surface area contributed by atoms with Crippen LogP contribution in [0.5, 0.6) is 5.75 Å². The molecule has 0 saturated heterocycles. The molecule has 0 saturated carbocycles. The molecule has 4 nitrogen and oxygen atoms in total. The number of rotatable bonds is 6. The summed E-state index contributed by atoms with van der Waals surface area (Å²) in [6, 6.07) is 20.7. The van der Waals surface area contributed by atoms with Gasteiger partial charge < -0.3 is 14.5 Å². The van der Waals surface area contributed by atoms with E-state index < -0.39 is 0 Å². The molecule has 128 valence electrons. The predicted octanol–water partition coefficient (Wildman–Crippen LogP) is 5.11. The van der Waals surface area contributed by atoms with Crippen LogP contribution >= 0.6 is 15.9 Å². The van der Waals surface area contributed by atoms with Crippen molar-refractivity contribution in [3.63, 3.8) is 0 Å². The summed E-state index contributed by atoms with van der Waals surface area (Å²) in [5, 5.41) is 2.93. The quantitative estimate of drug-likeness (QED) is 0.626. The zero-order chi connectivity index (χ0) is 17.6. The second kappa shape index (κ2) is 8.03. The first kappa shape index (κ1) is 17.3. The van der Waals surface area contributed by atoms with E-state index in [1.165, 1.54) is 0 Å². The van der Waals surface area contributed by atoms with Crippen LogP contribution in [0.2, 0.25) is 0 Å². The highest BCUT2D eigenvalue weighted by Crippen LogP contribution is 2.25. The molecule has 1 unspecified atom stereocenters. The molecule has 0 aliphatic carbocycles. The van der Waals surface area contributed by atoms with Gasteiger partial charge in [0.1, 0.15) is 18.1 Å². The van der Waals surface area contributed by atoms with Gasteiger partial charge in [0, 0.05) is 0 Å². The number of carbonyl (C=O) groups excluding carboxylic acids is 1.